The fraction of sp³-hybridized carbons (Fsp3) is 0.240. The van der Waals surface area contributed by atoms with Crippen molar-refractivity contribution >= 4 is 6.15 Å². The van der Waals surface area contributed by atoms with Gasteiger partial charge in [-0.2, -0.15) is 0 Å². The Bertz CT molecular complexity index is 1330. The van der Waals surface area contributed by atoms with E-state index in [0.717, 1.165) is 27.8 Å². The van der Waals surface area contributed by atoms with Crippen LogP contribution in [0, 0.1) is 17.3 Å². The van der Waals surface area contributed by atoms with E-state index in [-0.39, 0.29) is 12.0 Å². The van der Waals surface area contributed by atoms with Crippen LogP contribution in [-0.4, -0.2) is 35.9 Å². The first-order chi connectivity index (χ1) is 15.5. The van der Waals surface area contributed by atoms with E-state index in [1.807, 2.05) is 36.4 Å². The monoisotopic (exact) mass is 427 g/mol. The number of benzene rings is 2. The molecule has 1 unspecified atom stereocenters. The van der Waals surface area contributed by atoms with Gasteiger partial charge in [-0.1, -0.05) is 17.9 Å². The molecule has 2 aromatic carbocycles. The van der Waals surface area contributed by atoms with Gasteiger partial charge in [-0.15, -0.1) is 4.39 Å². The van der Waals surface area contributed by atoms with Crippen LogP contribution in [0.5, 0.6) is 11.5 Å². The molecule has 0 amide bonds. The fourth-order valence-electron chi connectivity index (χ4n) is 4.21. The van der Waals surface area contributed by atoms with Gasteiger partial charge in [0.2, 0.25) is 0 Å². The van der Waals surface area contributed by atoms with E-state index >= 15 is 0 Å². The van der Waals surface area contributed by atoms with Gasteiger partial charge in [0.15, 0.2) is 5.54 Å². The first-order valence-electron chi connectivity index (χ1n) is 10.3. The molecule has 7 heteroatoms. The largest absolute Gasteiger partial charge is 0.457 e. The van der Waals surface area contributed by atoms with Gasteiger partial charge in [-0.3, -0.25) is 0 Å². The van der Waals surface area contributed by atoms with Crippen molar-refractivity contribution in [1.82, 2.24) is 9.97 Å². The molecule has 0 bridgehead atoms. The third-order valence-electron chi connectivity index (χ3n) is 5.99. The zero-order valence-corrected chi connectivity index (χ0v) is 17.3. The number of aliphatic imine (C=N–C) groups is 1. The maximum atomic E-state index is 14.2. The van der Waals surface area contributed by atoms with E-state index < -0.39 is 11.7 Å². The highest BCUT2D eigenvalue weighted by Gasteiger charge is 2.47. The van der Waals surface area contributed by atoms with Gasteiger partial charge in [0.25, 0.3) is 0 Å². The zero-order valence-electron chi connectivity index (χ0n) is 17.3. The predicted molar refractivity (Wildman–Crippen MR) is 115 cm³/mol. The number of ether oxygens (including phenoxy) is 3. The fourth-order valence-corrected chi connectivity index (χ4v) is 4.21. The van der Waals surface area contributed by atoms with E-state index in [4.69, 9.17) is 14.2 Å². The molecule has 1 fully saturated rings. The molecule has 3 aromatic rings. The van der Waals surface area contributed by atoms with E-state index in [1.165, 1.54) is 6.33 Å². The summed E-state index contributed by atoms with van der Waals surface area (Å²) in [5.74, 6) is 7.74. The lowest BCUT2D eigenvalue weighted by Crippen LogP contribution is -2.38. The lowest BCUT2D eigenvalue weighted by atomic mass is 9.80. The highest BCUT2D eigenvalue weighted by Crippen LogP contribution is 2.52. The lowest BCUT2D eigenvalue weighted by Gasteiger charge is -2.34. The average molecular weight is 427 g/mol. The summed E-state index contributed by atoms with van der Waals surface area (Å²) >= 11 is 0. The normalized spacial score (nSPS) is 21.8. The smallest absolute Gasteiger partial charge is 0.373 e. The third-order valence-corrected chi connectivity index (χ3v) is 5.99. The Hall–Kier alpha value is -3.76. The molecule has 3 aliphatic heterocycles. The van der Waals surface area contributed by atoms with Gasteiger partial charge >= 0.3 is 6.15 Å². The van der Waals surface area contributed by atoms with Crippen molar-refractivity contribution in [3.63, 3.8) is 0 Å². The summed E-state index contributed by atoms with van der Waals surface area (Å²) in [6, 6.07) is 11.4. The molecule has 1 spiro atoms. The first kappa shape index (κ1) is 19.0. The standard InChI is InChI=1S/C25H18FN3O3/c1-24(12-30-13-24)7-6-16-2-4-21-19(8-16)25(14-31-23(26)29-25)20-9-17(3-5-22(20)32-21)18-10-27-15-28-11-18/h2-5,8-11,15H,12-14H2,1H3. The molecule has 158 valence electrons. The number of rotatable bonds is 1. The molecule has 0 N–H and O–H groups in total. The number of hydrogen-bond acceptors (Lipinski definition) is 6. The minimum Gasteiger partial charge on any atom is -0.457 e. The number of nitrogens with zero attached hydrogens (tertiary/aromatic N) is 3. The van der Waals surface area contributed by atoms with Crippen LogP contribution in [0.1, 0.15) is 23.6 Å². The predicted octanol–water partition coefficient (Wildman–Crippen LogP) is 4.24. The number of halogens is 1. The van der Waals surface area contributed by atoms with Crippen LogP contribution in [0.25, 0.3) is 11.1 Å². The zero-order chi connectivity index (χ0) is 21.8. The van der Waals surface area contributed by atoms with Gasteiger partial charge in [0.05, 0.1) is 18.6 Å². The molecule has 32 heavy (non-hydrogen) atoms. The average Bonchev–Trinajstić information content (AvgIpc) is 3.19. The van der Waals surface area contributed by atoms with Crippen LogP contribution in [0.4, 0.5) is 4.39 Å². The summed E-state index contributed by atoms with van der Waals surface area (Å²) in [6.07, 6.45) is 4.10. The number of hydrogen-bond donors (Lipinski definition) is 0. The van der Waals surface area contributed by atoms with Crippen LogP contribution in [0.3, 0.4) is 0 Å². The van der Waals surface area contributed by atoms with Crippen LogP contribution >= 0.6 is 0 Å². The third kappa shape index (κ3) is 2.95. The van der Waals surface area contributed by atoms with Crippen LogP contribution in [0.15, 0.2) is 60.1 Å². The van der Waals surface area contributed by atoms with Gasteiger partial charge in [0.1, 0.15) is 24.4 Å². The SMILES string of the molecule is CC1(C#Cc2ccc3c(c2)C2(COC(F)=N2)c2cc(-c4cncnc4)ccc2O3)COC1. The van der Waals surface area contributed by atoms with Crippen molar-refractivity contribution in [2.24, 2.45) is 10.4 Å². The molecule has 1 saturated heterocycles. The van der Waals surface area contributed by atoms with Crippen LogP contribution in [0.2, 0.25) is 0 Å². The summed E-state index contributed by atoms with van der Waals surface area (Å²) in [6.45, 7) is 3.36. The minimum atomic E-state index is -1.06. The molecule has 0 aliphatic carbocycles. The summed E-state index contributed by atoms with van der Waals surface area (Å²) in [5, 5.41) is 0. The van der Waals surface area contributed by atoms with Gasteiger partial charge in [-0.05, 0) is 42.8 Å². The molecule has 0 radical (unpaired) electrons. The Morgan fingerprint density at radius 1 is 0.938 bits per heavy atom. The van der Waals surface area contributed by atoms with Crippen molar-refractivity contribution in [3.8, 4) is 34.5 Å². The molecule has 1 aromatic heterocycles. The molecule has 1 atom stereocenters. The minimum absolute atomic E-state index is 0.0410. The summed E-state index contributed by atoms with van der Waals surface area (Å²) in [5.41, 5.74) is 2.79. The molecule has 0 saturated carbocycles. The van der Waals surface area contributed by atoms with Gasteiger partial charge in [0, 0.05) is 34.6 Å². The molecule has 6 nitrogen and oxygen atoms in total. The second-order valence-electron chi connectivity index (χ2n) is 8.47. The van der Waals surface area contributed by atoms with Crippen molar-refractivity contribution in [1.29, 1.82) is 0 Å². The Morgan fingerprint density at radius 3 is 2.38 bits per heavy atom. The van der Waals surface area contributed by atoms with Crippen LogP contribution in [-0.2, 0) is 15.0 Å². The second-order valence-corrected chi connectivity index (χ2v) is 8.47. The van der Waals surface area contributed by atoms with E-state index in [9.17, 15) is 4.39 Å². The highest BCUT2D eigenvalue weighted by molar-refractivity contribution is 5.74. The second kappa shape index (κ2) is 6.87. The summed E-state index contributed by atoms with van der Waals surface area (Å²) in [7, 11) is 0. The number of aromatic nitrogens is 2. The Balaban J connectivity index is 1.49. The molecule has 4 heterocycles. The molecular formula is C25H18FN3O3. The Morgan fingerprint density at radius 2 is 1.69 bits per heavy atom. The quantitative estimate of drug-likeness (QED) is 0.544. The van der Waals surface area contributed by atoms with E-state index in [2.05, 4.69) is 33.7 Å². The molecule has 6 rings (SSSR count). The topological polar surface area (TPSA) is 65.8 Å². The van der Waals surface area contributed by atoms with Crippen molar-refractivity contribution < 1.29 is 18.6 Å². The maximum absolute atomic E-state index is 14.2. The Kier molecular flexibility index (Phi) is 4.07. The number of fused-ring (bicyclic) bond motifs is 4. The van der Waals surface area contributed by atoms with Crippen molar-refractivity contribution in [2.45, 2.75) is 12.5 Å². The van der Waals surface area contributed by atoms with Gasteiger partial charge < -0.3 is 14.2 Å². The Labute approximate surface area is 184 Å². The van der Waals surface area contributed by atoms with Crippen LogP contribution < -0.4 is 4.74 Å². The highest BCUT2D eigenvalue weighted by atomic mass is 19.1. The molecule has 3 aliphatic rings. The first-order valence-corrected chi connectivity index (χ1v) is 10.3. The van der Waals surface area contributed by atoms with E-state index in [1.54, 1.807) is 12.4 Å². The van der Waals surface area contributed by atoms with Crippen molar-refractivity contribution in [3.05, 3.63) is 71.8 Å². The summed E-state index contributed by atoms with van der Waals surface area (Å²) in [4.78, 5) is 12.5. The van der Waals surface area contributed by atoms with E-state index in [0.29, 0.717) is 24.7 Å². The maximum Gasteiger partial charge on any atom is 0.373 e. The van der Waals surface area contributed by atoms with Crippen molar-refractivity contribution in [2.75, 3.05) is 19.8 Å². The summed E-state index contributed by atoms with van der Waals surface area (Å²) < 4.78 is 30.9. The molecular weight excluding hydrogens is 409 g/mol. The lowest BCUT2D eigenvalue weighted by molar-refractivity contribution is -0.0648. The van der Waals surface area contributed by atoms with Gasteiger partial charge in [-0.25, -0.2) is 15.0 Å².